The van der Waals surface area contributed by atoms with Crippen molar-refractivity contribution in [2.24, 2.45) is 0 Å². The highest BCUT2D eigenvalue weighted by molar-refractivity contribution is 9.10. The van der Waals surface area contributed by atoms with Gasteiger partial charge in [-0.25, -0.2) is 0 Å². The third-order valence-electron chi connectivity index (χ3n) is 3.60. The average molecular weight is 447 g/mol. The minimum absolute atomic E-state index is 0.114. The number of amides is 3. The quantitative estimate of drug-likeness (QED) is 0.680. The number of rotatable bonds is 6. The van der Waals surface area contributed by atoms with E-state index in [9.17, 15) is 14.4 Å². The van der Waals surface area contributed by atoms with Crippen LogP contribution in [0.5, 0.6) is 0 Å². The van der Waals surface area contributed by atoms with Crippen LogP contribution in [0.4, 0.5) is 4.79 Å². The summed E-state index contributed by atoms with van der Waals surface area (Å²) in [7, 11) is 0. The number of hydrogen-bond donors (Lipinski definition) is 1. The lowest BCUT2D eigenvalue weighted by Gasteiger charge is -2.12. The smallest absolute Gasteiger partial charge is 0.293 e. The Hall–Kier alpha value is -2.58. The van der Waals surface area contributed by atoms with E-state index >= 15 is 0 Å². The van der Waals surface area contributed by atoms with E-state index in [0.29, 0.717) is 15.3 Å². The van der Waals surface area contributed by atoms with Crippen molar-refractivity contribution in [1.29, 1.82) is 0 Å². The largest absolute Gasteiger partial charge is 0.450 e. The first-order valence-electron chi connectivity index (χ1n) is 8.04. The van der Waals surface area contributed by atoms with Crippen LogP contribution < -0.4 is 5.32 Å². The molecule has 0 atom stereocenters. The molecule has 3 rings (SSSR count). The summed E-state index contributed by atoms with van der Waals surface area (Å²) in [5, 5.41) is 2.30. The van der Waals surface area contributed by atoms with E-state index < -0.39 is 0 Å². The van der Waals surface area contributed by atoms with Crippen LogP contribution in [-0.2, 0) is 9.59 Å². The van der Waals surface area contributed by atoms with Crippen molar-refractivity contribution in [3.05, 3.63) is 69.4 Å². The number of carbonyl (C=O) groups is 3. The molecule has 0 saturated carbocycles. The van der Waals surface area contributed by atoms with Gasteiger partial charge in [-0.3, -0.25) is 19.3 Å². The summed E-state index contributed by atoms with van der Waals surface area (Å²) in [4.78, 5) is 37.8. The lowest BCUT2D eigenvalue weighted by Crippen LogP contribution is -2.36. The summed E-state index contributed by atoms with van der Waals surface area (Å²) in [6.07, 6.45) is 4.55. The van der Waals surface area contributed by atoms with Crippen LogP contribution in [0, 0.1) is 0 Å². The summed E-state index contributed by atoms with van der Waals surface area (Å²) in [5.74, 6) is -0.151. The van der Waals surface area contributed by atoms with Gasteiger partial charge >= 0.3 is 0 Å². The number of imide groups is 1. The predicted molar refractivity (Wildman–Crippen MR) is 108 cm³/mol. The van der Waals surface area contributed by atoms with E-state index in [1.165, 1.54) is 12.2 Å². The molecule has 0 radical (unpaired) electrons. The SMILES string of the molecule is O=C(C=Cc1ccc(Br)o1)NCCN1C(=O)SC(=Cc2ccccc2)C1=O. The Balaban J connectivity index is 1.51. The molecule has 1 aliphatic rings. The maximum atomic E-state index is 12.4. The van der Waals surface area contributed by atoms with Crippen molar-refractivity contribution in [2.45, 2.75) is 0 Å². The fourth-order valence-electron chi connectivity index (χ4n) is 2.32. The molecule has 1 aromatic carbocycles. The zero-order valence-corrected chi connectivity index (χ0v) is 16.5. The Bertz CT molecular complexity index is 921. The molecule has 1 saturated heterocycles. The average Bonchev–Trinajstić information content (AvgIpc) is 3.19. The van der Waals surface area contributed by atoms with Gasteiger partial charge in [0.05, 0.1) is 4.91 Å². The molecule has 2 heterocycles. The number of carbonyl (C=O) groups excluding carboxylic acids is 3. The van der Waals surface area contributed by atoms with E-state index in [1.807, 2.05) is 30.3 Å². The maximum absolute atomic E-state index is 12.4. The second-order valence-corrected chi connectivity index (χ2v) is 7.29. The van der Waals surface area contributed by atoms with E-state index in [1.54, 1.807) is 18.2 Å². The van der Waals surface area contributed by atoms with Crippen LogP contribution in [0.1, 0.15) is 11.3 Å². The number of halogens is 1. The summed E-state index contributed by atoms with van der Waals surface area (Å²) < 4.78 is 5.83. The van der Waals surface area contributed by atoms with Crippen molar-refractivity contribution < 1.29 is 18.8 Å². The number of nitrogens with zero attached hydrogens (tertiary/aromatic N) is 1. The molecule has 138 valence electrons. The molecule has 0 aliphatic carbocycles. The fourth-order valence-corrected chi connectivity index (χ4v) is 3.50. The predicted octanol–water partition coefficient (Wildman–Crippen LogP) is 3.91. The molecule has 0 spiro atoms. The lowest BCUT2D eigenvalue weighted by atomic mass is 10.2. The van der Waals surface area contributed by atoms with Crippen LogP contribution >= 0.6 is 27.7 Å². The van der Waals surface area contributed by atoms with Crippen molar-refractivity contribution >= 4 is 56.9 Å². The summed E-state index contributed by atoms with van der Waals surface area (Å²) >= 11 is 4.08. The number of hydrogen-bond acceptors (Lipinski definition) is 5. The van der Waals surface area contributed by atoms with E-state index in [2.05, 4.69) is 21.2 Å². The highest BCUT2D eigenvalue weighted by atomic mass is 79.9. The molecular weight excluding hydrogens is 432 g/mol. The van der Waals surface area contributed by atoms with Gasteiger partial charge in [0.1, 0.15) is 5.76 Å². The lowest BCUT2D eigenvalue weighted by molar-refractivity contribution is -0.123. The highest BCUT2D eigenvalue weighted by Gasteiger charge is 2.34. The number of thioether (sulfide) groups is 1. The Morgan fingerprint density at radius 2 is 1.96 bits per heavy atom. The van der Waals surface area contributed by atoms with Crippen LogP contribution in [0.2, 0.25) is 0 Å². The van der Waals surface area contributed by atoms with Crippen LogP contribution in [0.15, 0.2) is 62.5 Å². The Kier molecular flexibility index (Phi) is 6.31. The molecule has 6 nitrogen and oxygen atoms in total. The van der Waals surface area contributed by atoms with Gasteiger partial charge in [0.25, 0.3) is 11.1 Å². The maximum Gasteiger partial charge on any atom is 0.293 e. The zero-order valence-electron chi connectivity index (χ0n) is 14.1. The van der Waals surface area contributed by atoms with Crippen LogP contribution in [0.3, 0.4) is 0 Å². The van der Waals surface area contributed by atoms with Crippen LogP contribution in [0.25, 0.3) is 12.2 Å². The fraction of sp³-hybridized carbons (Fsp3) is 0.105. The van der Waals surface area contributed by atoms with E-state index in [4.69, 9.17) is 4.42 Å². The third kappa shape index (κ3) is 5.21. The molecule has 1 aliphatic heterocycles. The Morgan fingerprint density at radius 1 is 1.19 bits per heavy atom. The van der Waals surface area contributed by atoms with Gasteiger partial charge < -0.3 is 9.73 Å². The normalized spacial score (nSPS) is 15.9. The van der Waals surface area contributed by atoms with Gasteiger partial charge in [-0.15, -0.1) is 0 Å². The van der Waals surface area contributed by atoms with Gasteiger partial charge in [0.2, 0.25) is 5.91 Å². The number of benzene rings is 1. The summed E-state index contributed by atoms with van der Waals surface area (Å²) in [6, 6.07) is 12.8. The second kappa shape index (κ2) is 8.88. The first-order valence-corrected chi connectivity index (χ1v) is 9.65. The van der Waals surface area contributed by atoms with Gasteiger partial charge in [-0.1, -0.05) is 30.3 Å². The highest BCUT2D eigenvalue weighted by Crippen LogP contribution is 2.31. The number of furan rings is 1. The van der Waals surface area contributed by atoms with E-state index in [-0.39, 0.29) is 30.1 Å². The topological polar surface area (TPSA) is 79.6 Å². The molecule has 2 aromatic rings. The Labute approximate surface area is 168 Å². The molecular formula is C19H15BrN2O4S. The van der Waals surface area contributed by atoms with Crippen molar-refractivity contribution in [3.8, 4) is 0 Å². The molecule has 27 heavy (non-hydrogen) atoms. The third-order valence-corrected chi connectivity index (χ3v) is 4.93. The first-order chi connectivity index (χ1) is 13.0. The monoisotopic (exact) mass is 446 g/mol. The number of nitrogens with one attached hydrogen (secondary N) is 1. The van der Waals surface area contributed by atoms with Gasteiger partial charge in [0.15, 0.2) is 4.67 Å². The second-order valence-electron chi connectivity index (χ2n) is 5.51. The molecule has 8 heteroatoms. The first kappa shape index (κ1) is 19.2. The molecule has 3 amide bonds. The molecule has 1 N–H and O–H groups in total. The van der Waals surface area contributed by atoms with E-state index in [0.717, 1.165) is 22.2 Å². The van der Waals surface area contributed by atoms with Crippen LogP contribution in [-0.4, -0.2) is 35.0 Å². The van der Waals surface area contributed by atoms with Gasteiger partial charge in [-0.05, 0) is 57.5 Å². The Morgan fingerprint density at radius 3 is 2.67 bits per heavy atom. The van der Waals surface area contributed by atoms with Gasteiger partial charge in [0, 0.05) is 19.2 Å². The van der Waals surface area contributed by atoms with Gasteiger partial charge in [-0.2, -0.15) is 0 Å². The van der Waals surface area contributed by atoms with Crippen molar-refractivity contribution in [2.75, 3.05) is 13.1 Å². The minimum atomic E-state index is -0.348. The minimum Gasteiger partial charge on any atom is -0.450 e. The standard InChI is InChI=1S/C19H15BrN2O4S/c20-16-8-6-14(26-16)7-9-17(23)21-10-11-22-18(24)15(27-19(22)25)12-13-4-2-1-3-5-13/h1-9,12H,10-11H2,(H,21,23). The molecule has 0 unspecified atom stereocenters. The van der Waals surface area contributed by atoms with Crippen molar-refractivity contribution in [1.82, 2.24) is 10.2 Å². The molecule has 1 aromatic heterocycles. The summed E-state index contributed by atoms with van der Waals surface area (Å²) in [5.41, 5.74) is 0.853. The summed E-state index contributed by atoms with van der Waals surface area (Å²) in [6.45, 7) is 0.282. The molecule has 1 fully saturated rings. The molecule has 0 bridgehead atoms. The zero-order chi connectivity index (χ0) is 19.2. The van der Waals surface area contributed by atoms with Crippen molar-refractivity contribution in [3.63, 3.8) is 0 Å².